The third-order valence-corrected chi connectivity index (χ3v) is 3.14. The molecule has 0 fully saturated rings. The van der Waals surface area contributed by atoms with Gasteiger partial charge in [-0.05, 0) is 17.3 Å². The maximum atomic E-state index is 5.47. The van der Waals surface area contributed by atoms with Crippen LogP contribution in [-0.2, 0) is 18.9 Å². The average Bonchev–Trinajstić information content (AvgIpc) is 2.43. The normalized spacial score (nSPS) is 10.6. The molecule has 0 aromatic carbocycles. The van der Waals surface area contributed by atoms with E-state index in [0.717, 1.165) is 13.0 Å². The summed E-state index contributed by atoms with van der Waals surface area (Å²) in [5, 5.41) is 0. The summed E-state index contributed by atoms with van der Waals surface area (Å²) in [5.41, 5.74) is 0. The van der Waals surface area contributed by atoms with Crippen LogP contribution in [0.15, 0.2) is 12.8 Å². The Balaban J connectivity index is 2.89. The molecule has 0 aromatic heterocycles. The molecule has 0 aliphatic rings. The van der Waals surface area contributed by atoms with E-state index in [1.54, 1.807) is 0 Å². The van der Waals surface area contributed by atoms with Crippen molar-refractivity contribution in [2.45, 2.75) is 25.7 Å². The molecular weight excluding hydrogens is 359 g/mol. The van der Waals surface area contributed by atoms with E-state index in [2.05, 4.69) is 29.2 Å². The SMILES string of the molecule is C=COCCOCCOCCOCCCCCCI. The van der Waals surface area contributed by atoms with Crippen molar-refractivity contribution < 1.29 is 18.9 Å². The molecule has 0 bridgehead atoms. The van der Waals surface area contributed by atoms with Crippen molar-refractivity contribution >= 4 is 22.6 Å². The molecule has 0 aliphatic heterocycles. The smallest absolute Gasteiger partial charge is 0.111 e. The first-order chi connectivity index (χ1) is 9.41. The van der Waals surface area contributed by atoms with Gasteiger partial charge in [0.1, 0.15) is 6.61 Å². The maximum Gasteiger partial charge on any atom is 0.111 e. The van der Waals surface area contributed by atoms with E-state index in [-0.39, 0.29) is 0 Å². The van der Waals surface area contributed by atoms with Crippen molar-refractivity contribution in [1.82, 2.24) is 0 Å². The number of rotatable bonds is 16. The van der Waals surface area contributed by atoms with Crippen LogP contribution >= 0.6 is 22.6 Å². The van der Waals surface area contributed by atoms with Crippen LogP contribution in [0.1, 0.15) is 25.7 Å². The molecule has 5 heteroatoms. The number of hydrogen-bond donors (Lipinski definition) is 0. The van der Waals surface area contributed by atoms with Crippen LogP contribution in [0.3, 0.4) is 0 Å². The number of alkyl halides is 1. The summed E-state index contributed by atoms with van der Waals surface area (Å²) in [6.45, 7) is 7.92. The quantitative estimate of drug-likeness (QED) is 0.177. The number of ether oxygens (including phenoxy) is 4. The zero-order valence-electron chi connectivity index (χ0n) is 11.8. The van der Waals surface area contributed by atoms with E-state index >= 15 is 0 Å². The zero-order chi connectivity index (χ0) is 14.0. The van der Waals surface area contributed by atoms with Crippen molar-refractivity contribution in [1.29, 1.82) is 0 Å². The van der Waals surface area contributed by atoms with Gasteiger partial charge in [0.15, 0.2) is 0 Å². The standard InChI is InChI=1S/C14H27IO4/c1-2-16-9-10-18-13-14-19-12-11-17-8-6-4-3-5-7-15/h2H,1,3-14H2. The molecule has 114 valence electrons. The lowest BCUT2D eigenvalue weighted by molar-refractivity contribution is 0.00609. The summed E-state index contributed by atoms with van der Waals surface area (Å²) >= 11 is 2.42. The van der Waals surface area contributed by atoms with Crippen molar-refractivity contribution in [3.8, 4) is 0 Å². The Morgan fingerprint density at radius 1 is 0.684 bits per heavy atom. The Hall–Kier alpha value is 0.150. The summed E-state index contributed by atoms with van der Waals surface area (Å²) < 4.78 is 22.3. The van der Waals surface area contributed by atoms with E-state index in [1.807, 2.05) is 0 Å². The van der Waals surface area contributed by atoms with Crippen molar-refractivity contribution in [2.24, 2.45) is 0 Å². The molecule has 0 N–H and O–H groups in total. The highest BCUT2D eigenvalue weighted by molar-refractivity contribution is 14.1. The largest absolute Gasteiger partial charge is 0.499 e. The summed E-state index contributed by atoms with van der Waals surface area (Å²) in [5.74, 6) is 0. The summed E-state index contributed by atoms with van der Waals surface area (Å²) in [6, 6.07) is 0. The van der Waals surface area contributed by atoms with Crippen LogP contribution in [-0.4, -0.2) is 50.7 Å². The highest BCUT2D eigenvalue weighted by atomic mass is 127. The molecule has 0 aromatic rings. The van der Waals surface area contributed by atoms with Gasteiger partial charge in [-0.15, -0.1) is 0 Å². The van der Waals surface area contributed by atoms with Crippen LogP contribution in [0.2, 0.25) is 0 Å². The van der Waals surface area contributed by atoms with Crippen molar-refractivity contribution in [3.63, 3.8) is 0 Å². The Bertz CT molecular complexity index is 179. The van der Waals surface area contributed by atoms with Crippen molar-refractivity contribution in [3.05, 3.63) is 12.8 Å². The Morgan fingerprint density at radius 2 is 1.21 bits per heavy atom. The van der Waals surface area contributed by atoms with Gasteiger partial charge in [-0.1, -0.05) is 42.0 Å². The molecular formula is C14H27IO4. The molecule has 0 heterocycles. The second-order valence-corrected chi connectivity index (χ2v) is 5.06. The van der Waals surface area contributed by atoms with Crippen LogP contribution in [0.25, 0.3) is 0 Å². The van der Waals surface area contributed by atoms with Gasteiger partial charge in [0, 0.05) is 6.61 Å². The molecule has 0 aliphatic carbocycles. The highest BCUT2D eigenvalue weighted by Gasteiger charge is 1.93. The van der Waals surface area contributed by atoms with E-state index in [1.165, 1.54) is 30.0 Å². The van der Waals surface area contributed by atoms with Crippen LogP contribution in [0.5, 0.6) is 0 Å². The van der Waals surface area contributed by atoms with Gasteiger partial charge in [-0.3, -0.25) is 0 Å². The molecule has 0 amide bonds. The van der Waals surface area contributed by atoms with Crippen LogP contribution in [0, 0.1) is 0 Å². The molecule has 4 nitrogen and oxygen atoms in total. The number of unbranched alkanes of at least 4 members (excludes halogenated alkanes) is 3. The van der Waals surface area contributed by atoms with Gasteiger partial charge in [0.05, 0.1) is 39.3 Å². The number of hydrogen-bond acceptors (Lipinski definition) is 4. The lowest BCUT2D eigenvalue weighted by Gasteiger charge is -2.06. The topological polar surface area (TPSA) is 36.9 Å². The van der Waals surface area contributed by atoms with Gasteiger partial charge in [0.2, 0.25) is 0 Å². The maximum absolute atomic E-state index is 5.47. The van der Waals surface area contributed by atoms with E-state index < -0.39 is 0 Å². The second kappa shape index (κ2) is 18.1. The molecule has 19 heavy (non-hydrogen) atoms. The zero-order valence-corrected chi connectivity index (χ0v) is 13.9. The van der Waals surface area contributed by atoms with Crippen LogP contribution in [0.4, 0.5) is 0 Å². The first-order valence-corrected chi connectivity index (χ1v) is 8.46. The van der Waals surface area contributed by atoms with Crippen molar-refractivity contribution in [2.75, 3.05) is 50.7 Å². The Labute approximate surface area is 131 Å². The minimum atomic E-state index is 0.546. The van der Waals surface area contributed by atoms with Crippen LogP contribution < -0.4 is 0 Å². The van der Waals surface area contributed by atoms with E-state index in [9.17, 15) is 0 Å². The third kappa shape index (κ3) is 18.1. The lowest BCUT2D eigenvalue weighted by atomic mass is 10.2. The predicted molar refractivity (Wildman–Crippen MR) is 86.0 cm³/mol. The molecule has 0 unspecified atom stereocenters. The van der Waals surface area contributed by atoms with Gasteiger partial charge in [-0.2, -0.15) is 0 Å². The Kier molecular flexibility index (Phi) is 18.3. The van der Waals surface area contributed by atoms with Gasteiger partial charge >= 0.3 is 0 Å². The predicted octanol–water partition coefficient (Wildman–Crippen LogP) is 3.19. The van der Waals surface area contributed by atoms with E-state index in [4.69, 9.17) is 18.9 Å². The Morgan fingerprint density at radius 3 is 1.79 bits per heavy atom. The first-order valence-electron chi connectivity index (χ1n) is 6.93. The second-order valence-electron chi connectivity index (χ2n) is 3.98. The van der Waals surface area contributed by atoms with Gasteiger partial charge < -0.3 is 18.9 Å². The highest BCUT2D eigenvalue weighted by Crippen LogP contribution is 2.02. The fourth-order valence-corrected chi connectivity index (χ4v) is 1.92. The summed E-state index contributed by atoms with van der Waals surface area (Å²) in [4.78, 5) is 0. The molecule has 0 saturated carbocycles. The fourth-order valence-electron chi connectivity index (χ4n) is 1.38. The van der Waals surface area contributed by atoms with Gasteiger partial charge in [-0.25, -0.2) is 0 Å². The van der Waals surface area contributed by atoms with E-state index in [0.29, 0.717) is 39.6 Å². The summed E-state index contributed by atoms with van der Waals surface area (Å²) in [7, 11) is 0. The molecule has 0 radical (unpaired) electrons. The minimum Gasteiger partial charge on any atom is -0.499 e. The third-order valence-electron chi connectivity index (χ3n) is 2.38. The monoisotopic (exact) mass is 386 g/mol. The molecule has 0 atom stereocenters. The average molecular weight is 386 g/mol. The van der Waals surface area contributed by atoms with Gasteiger partial charge in [0.25, 0.3) is 0 Å². The molecule has 0 saturated heterocycles. The molecule has 0 rings (SSSR count). The minimum absolute atomic E-state index is 0.546. The molecule has 0 spiro atoms. The first kappa shape index (κ1) is 19.1. The summed E-state index contributed by atoms with van der Waals surface area (Å²) in [6.07, 6.45) is 6.48. The number of halogens is 1. The fraction of sp³-hybridized carbons (Fsp3) is 0.857. The lowest BCUT2D eigenvalue weighted by Crippen LogP contribution is -2.11.